The average Bonchev–Trinajstić information content (AvgIpc) is 2.99. The average molecular weight is 545 g/mol. The second-order valence-electron chi connectivity index (χ2n) is 10.3. The Hall–Kier alpha value is -3.82. The highest BCUT2D eigenvalue weighted by Crippen LogP contribution is 2.29. The molecule has 0 unspecified atom stereocenters. The van der Waals surface area contributed by atoms with Gasteiger partial charge in [0.1, 0.15) is 18.7 Å². The van der Waals surface area contributed by atoms with Crippen LogP contribution in [0, 0.1) is 5.92 Å². The number of benzene rings is 2. The third-order valence-electron chi connectivity index (χ3n) is 7.52. The van der Waals surface area contributed by atoms with E-state index in [1.54, 1.807) is 0 Å². The number of fused-ring (bicyclic) bond motifs is 3. The number of carbonyl (C=O) groups is 2. The summed E-state index contributed by atoms with van der Waals surface area (Å²) in [5.74, 6) is 0.616. The van der Waals surface area contributed by atoms with Crippen molar-refractivity contribution in [1.29, 1.82) is 0 Å². The molecule has 9 heteroatoms. The van der Waals surface area contributed by atoms with Crippen molar-refractivity contribution < 1.29 is 23.8 Å². The molecule has 5 rings (SSSR count). The van der Waals surface area contributed by atoms with Crippen LogP contribution >= 0.6 is 0 Å². The molecule has 0 atom stereocenters. The fourth-order valence-electron chi connectivity index (χ4n) is 5.35. The minimum absolute atomic E-state index is 0.0790. The summed E-state index contributed by atoms with van der Waals surface area (Å²) in [6.07, 6.45) is 7.14. The number of likely N-dealkylation sites (tertiary alicyclic amines) is 1. The van der Waals surface area contributed by atoms with Crippen molar-refractivity contribution in [2.75, 3.05) is 53.1 Å². The number of hydrogen-bond donors (Lipinski definition) is 0. The van der Waals surface area contributed by atoms with Crippen LogP contribution in [0.3, 0.4) is 0 Å². The van der Waals surface area contributed by atoms with Crippen molar-refractivity contribution in [1.82, 2.24) is 19.8 Å². The van der Waals surface area contributed by atoms with Crippen molar-refractivity contribution in [2.24, 2.45) is 5.92 Å². The summed E-state index contributed by atoms with van der Waals surface area (Å²) in [6, 6.07) is 14.7. The van der Waals surface area contributed by atoms with Crippen LogP contribution in [0.1, 0.15) is 29.5 Å². The molecule has 1 fully saturated rings. The topological polar surface area (TPSA) is 94.1 Å². The lowest BCUT2D eigenvalue weighted by molar-refractivity contribution is -0.149. The molecule has 2 aliphatic heterocycles. The predicted molar refractivity (Wildman–Crippen MR) is 150 cm³/mol. The van der Waals surface area contributed by atoms with Gasteiger partial charge in [0, 0.05) is 50.6 Å². The Kier molecular flexibility index (Phi) is 9.36. The minimum atomic E-state index is -0.184. The number of methoxy groups -OCH3 is 1. The summed E-state index contributed by atoms with van der Waals surface area (Å²) >= 11 is 0. The molecule has 2 aliphatic rings. The number of hydrogen-bond acceptors (Lipinski definition) is 8. The molecule has 3 heterocycles. The van der Waals surface area contributed by atoms with Gasteiger partial charge in [-0.05, 0) is 47.2 Å². The van der Waals surface area contributed by atoms with Gasteiger partial charge in [-0.2, -0.15) is 0 Å². The quantitative estimate of drug-likeness (QED) is 0.462. The molecule has 0 saturated carbocycles. The summed E-state index contributed by atoms with van der Waals surface area (Å²) < 4.78 is 16.9. The van der Waals surface area contributed by atoms with Gasteiger partial charge in [-0.25, -0.2) is 9.97 Å². The highest BCUT2D eigenvalue weighted by atomic mass is 16.5. The van der Waals surface area contributed by atoms with E-state index in [1.807, 2.05) is 29.4 Å². The van der Waals surface area contributed by atoms with Crippen molar-refractivity contribution in [3.8, 4) is 16.9 Å². The van der Waals surface area contributed by atoms with E-state index in [1.165, 1.54) is 19.0 Å². The standard InChI is InChI=1S/C31H36N4O5/c1-38-31(37)25-7-9-35(10-8-25)30(36)21-34-11-12-39-13-14-40-29-6-5-26(28-18-32-22-33-19-28)17-27(29)16-23-3-2-4-24(15-23)20-34/h2-6,15,17-19,22,25H,7-14,16,20-21H2,1H3. The normalized spacial score (nSPS) is 17.3. The molecule has 2 aromatic carbocycles. The van der Waals surface area contributed by atoms with Crippen LogP contribution in [0.15, 0.2) is 61.2 Å². The van der Waals surface area contributed by atoms with E-state index in [9.17, 15) is 9.59 Å². The fourth-order valence-corrected chi connectivity index (χ4v) is 5.35. The van der Waals surface area contributed by atoms with E-state index in [0.29, 0.717) is 71.8 Å². The summed E-state index contributed by atoms with van der Waals surface area (Å²) in [5, 5.41) is 0. The zero-order chi connectivity index (χ0) is 27.7. The number of ether oxygens (including phenoxy) is 3. The van der Waals surface area contributed by atoms with Crippen molar-refractivity contribution >= 4 is 11.9 Å². The molecule has 1 saturated heterocycles. The molecular weight excluding hydrogens is 508 g/mol. The maximum Gasteiger partial charge on any atom is 0.308 e. The van der Waals surface area contributed by atoms with Crippen molar-refractivity contribution in [3.05, 3.63) is 77.9 Å². The van der Waals surface area contributed by atoms with Crippen LogP contribution < -0.4 is 4.74 Å². The summed E-state index contributed by atoms with van der Waals surface area (Å²) in [6.45, 7) is 4.13. The van der Waals surface area contributed by atoms with Gasteiger partial charge >= 0.3 is 5.97 Å². The molecule has 1 amide bonds. The molecular formula is C31H36N4O5. The van der Waals surface area contributed by atoms with Gasteiger partial charge in [-0.3, -0.25) is 14.5 Å². The zero-order valence-corrected chi connectivity index (χ0v) is 23.0. The number of rotatable bonds is 4. The van der Waals surface area contributed by atoms with Crippen LogP contribution in [-0.2, 0) is 32.0 Å². The highest BCUT2D eigenvalue weighted by molar-refractivity contribution is 5.79. The maximum absolute atomic E-state index is 13.2. The first-order valence-electron chi connectivity index (χ1n) is 13.8. The first-order valence-corrected chi connectivity index (χ1v) is 13.8. The van der Waals surface area contributed by atoms with E-state index in [4.69, 9.17) is 14.2 Å². The van der Waals surface area contributed by atoms with Gasteiger partial charge in [-0.1, -0.05) is 30.3 Å². The van der Waals surface area contributed by atoms with Crippen molar-refractivity contribution in [2.45, 2.75) is 25.8 Å². The van der Waals surface area contributed by atoms with Gasteiger partial charge in [0.2, 0.25) is 5.91 Å². The molecule has 9 nitrogen and oxygen atoms in total. The van der Waals surface area contributed by atoms with Crippen LogP contribution in [-0.4, -0.2) is 84.8 Å². The van der Waals surface area contributed by atoms with E-state index < -0.39 is 0 Å². The van der Waals surface area contributed by atoms with Crippen molar-refractivity contribution in [3.63, 3.8) is 0 Å². The van der Waals surface area contributed by atoms with E-state index in [2.05, 4.69) is 45.2 Å². The minimum Gasteiger partial charge on any atom is -0.491 e. The van der Waals surface area contributed by atoms with E-state index >= 15 is 0 Å². The molecule has 210 valence electrons. The predicted octanol–water partition coefficient (Wildman–Crippen LogP) is 3.36. The Bertz CT molecular complexity index is 1290. The van der Waals surface area contributed by atoms with Gasteiger partial charge < -0.3 is 19.1 Å². The molecule has 40 heavy (non-hydrogen) atoms. The third-order valence-corrected chi connectivity index (χ3v) is 7.52. The number of amides is 1. The van der Waals surface area contributed by atoms with E-state index in [-0.39, 0.29) is 17.8 Å². The SMILES string of the molecule is COC(=O)C1CCN(C(=O)CN2CCOCCOc3ccc(-c4cncnc4)cc3Cc3cccc(c3)C2)CC1. The Morgan fingerprint density at radius 1 is 0.950 bits per heavy atom. The van der Waals surface area contributed by atoms with Gasteiger partial charge in [-0.15, -0.1) is 0 Å². The Labute approximate surface area is 235 Å². The molecule has 0 aliphatic carbocycles. The first kappa shape index (κ1) is 27.7. The van der Waals surface area contributed by atoms with Crippen LogP contribution in [0.2, 0.25) is 0 Å². The maximum atomic E-state index is 13.2. The van der Waals surface area contributed by atoms with E-state index in [0.717, 1.165) is 28.0 Å². The lowest BCUT2D eigenvalue weighted by Crippen LogP contribution is -2.45. The smallest absolute Gasteiger partial charge is 0.308 e. The monoisotopic (exact) mass is 544 g/mol. The largest absolute Gasteiger partial charge is 0.491 e. The number of piperidine rings is 1. The Morgan fingerprint density at radius 2 is 1.75 bits per heavy atom. The summed E-state index contributed by atoms with van der Waals surface area (Å²) in [7, 11) is 1.42. The highest BCUT2D eigenvalue weighted by Gasteiger charge is 2.28. The van der Waals surface area contributed by atoms with Gasteiger partial charge in [0.05, 0.1) is 32.8 Å². The summed E-state index contributed by atoms with van der Waals surface area (Å²) in [4.78, 5) is 37.4. The lowest BCUT2D eigenvalue weighted by atomic mass is 9.97. The number of nitrogens with zero attached hydrogens (tertiary/aromatic N) is 4. The Balaban J connectivity index is 1.30. The summed E-state index contributed by atoms with van der Waals surface area (Å²) in [5.41, 5.74) is 5.39. The Morgan fingerprint density at radius 3 is 2.55 bits per heavy atom. The second kappa shape index (κ2) is 13.5. The van der Waals surface area contributed by atoms with Crippen LogP contribution in [0.25, 0.3) is 11.1 Å². The van der Waals surface area contributed by atoms with Gasteiger partial charge in [0.15, 0.2) is 0 Å². The van der Waals surface area contributed by atoms with Crippen LogP contribution in [0.4, 0.5) is 0 Å². The molecule has 1 aromatic heterocycles. The number of esters is 1. The molecule has 0 spiro atoms. The zero-order valence-electron chi connectivity index (χ0n) is 23.0. The van der Waals surface area contributed by atoms with Gasteiger partial charge in [0.25, 0.3) is 0 Å². The number of aromatic nitrogens is 2. The molecule has 0 N–H and O–H groups in total. The lowest BCUT2D eigenvalue weighted by Gasteiger charge is -2.32. The third kappa shape index (κ3) is 7.22. The van der Waals surface area contributed by atoms with Crippen LogP contribution in [0.5, 0.6) is 5.75 Å². The molecule has 2 bridgehead atoms. The first-order chi connectivity index (χ1) is 19.6. The fraction of sp³-hybridized carbons (Fsp3) is 0.419. The molecule has 0 radical (unpaired) electrons. The molecule has 3 aromatic rings. The second-order valence-corrected chi connectivity index (χ2v) is 10.3. The number of carbonyl (C=O) groups excluding carboxylic acids is 2.